The number of amides is 3. The smallest absolute Gasteiger partial charge is 0.326 e. The maximum atomic E-state index is 12.9. The molecule has 0 saturated carbocycles. The molecule has 0 rings (SSSR count). The molecule has 9 N–H and O–H groups in total. The molecule has 3 amide bonds. The molecule has 0 heterocycles. The first-order valence-electron chi connectivity index (χ1n) is 10.9. The summed E-state index contributed by atoms with van der Waals surface area (Å²) in [6, 6.07) is -4.64. The van der Waals surface area contributed by atoms with E-state index >= 15 is 0 Å². The van der Waals surface area contributed by atoms with Crippen LogP contribution in [0, 0.1) is 0 Å². The Labute approximate surface area is 208 Å². The quantitative estimate of drug-likeness (QED) is 0.102. The summed E-state index contributed by atoms with van der Waals surface area (Å²) < 4.78 is 0. The van der Waals surface area contributed by atoms with E-state index in [9.17, 15) is 34.2 Å². The molecule has 34 heavy (non-hydrogen) atoms. The molecule has 12 nitrogen and oxygen atoms in total. The zero-order valence-electron chi connectivity index (χ0n) is 19.6. The van der Waals surface area contributed by atoms with Gasteiger partial charge in [-0.25, -0.2) is 4.79 Å². The van der Waals surface area contributed by atoms with Crippen molar-refractivity contribution < 1.29 is 34.2 Å². The van der Waals surface area contributed by atoms with Crippen molar-refractivity contribution in [2.45, 2.75) is 62.7 Å². The Bertz CT molecular complexity index is 684. The molecule has 0 aliphatic carbocycles. The van der Waals surface area contributed by atoms with Crippen LogP contribution in [0.5, 0.6) is 0 Å². The summed E-state index contributed by atoms with van der Waals surface area (Å²) in [5, 5.41) is 25.7. The molecule has 4 atom stereocenters. The van der Waals surface area contributed by atoms with Crippen molar-refractivity contribution in [1.82, 2.24) is 16.0 Å². The van der Waals surface area contributed by atoms with E-state index in [0.29, 0.717) is 37.3 Å². The number of carboxylic acids is 2. The average molecular weight is 524 g/mol. The van der Waals surface area contributed by atoms with Crippen molar-refractivity contribution in [2.75, 3.05) is 30.6 Å². The molecule has 0 bridgehead atoms. The molecule has 0 aliphatic heterocycles. The topological polar surface area (TPSA) is 214 Å². The Kier molecular flexibility index (Phi) is 17.2. The van der Waals surface area contributed by atoms with Crippen LogP contribution in [0.4, 0.5) is 0 Å². The van der Waals surface area contributed by atoms with Crippen LogP contribution in [0.2, 0.25) is 0 Å². The minimum absolute atomic E-state index is 0.104. The molecule has 0 fully saturated rings. The highest BCUT2D eigenvalue weighted by atomic mass is 32.2. The second-order valence-electron chi connectivity index (χ2n) is 7.57. The average Bonchev–Trinajstić information content (AvgIpc) is 2.78. The van der Waals surface area contributed by atoms with E-state index in [-0.39, 0.29) is 12.8 Å². The van der Waals surface area contributed by atoms with Gasteiger partial charge in [-0.05, 0) is 62.7 Å². The van der Waals surface area contributed by atoms with Gasteiger partial charge in [-0.2, -0.15) is 23.5 Å². The molecular formula is C20H37N5O7S2. The third kappa shape index (κ3) is 13.6. The minimum atomic E-state index is -1.53. The number of rotatable bonds is 19. The van der Waals surface area contributed by atoms with E-state index in [1.54, 1.807) is 0 Å². The summed E-state index contributed by atoms with van der Waals surface area (Å²) >= 11 is 2.97. The number of nitrogens with two attached hydrogens (primary N) is 2. The number of hydrogen-bond acceptors (Lipinski definition) is 9. The van der Waals surface area contributed by atoms with E-state index in [2.05, 4.69) is 16.0 Å². The molecule has 0 aromatic rings. The maximum absolute atomic E-state index is 12.9. The molecular weight excluding hydrogens is 486 g/mol. The van der Waals surface area contributed by atoms with Gasteiger partial charge in [-0.15, -0.1) is 0 Å². The van der Waals surface area contributed by atoms with E-state index < -0.39 is 60.2 Å². The Morgan fingerprint density at radius 1 is 0.765 bits per heavy atom. The Morgan fingerprint density at radius 3 is 1.82 bits per heavy atom. The van der Waals surface area contributed by atoms with Gasteiger partial charge >= 0.3 is 11.9 Å². The van der Waals surface area contributed by atoms with Crippen molar-refractivity contribution in [3.05, 3.63) is 0 Å². The minimum Gasteiger partial charge on any atom is -0.481 e. The number of thioether (sulfide) groups is 2. The molecule has 0 aromatic heterocycles. The summed E-state index contributed by atoms with van der Waals surface area (Å²) in [6.45, 7) is 0.363. The lowest BCUT2D eigenvalue weighted by Crippen LogP contribution is -2.57. The molecule has 0 saturated heterocycles. The molecule has 0 aliphatic rings. The summed E-state index contributed by atoms with van der Waals surface area (Å²) in [4.78, 5) is 60.7. The van der Waals surface area contributed by atoms with Gasteiger partial charge in [0, 0.05) is 0 Å². The highest BCUT2D eigenvalue weighted by Crippen LogP contribution is 2.06. The molecule has 4 unspecified atom stereocenters. The Morgan fingerprint density at radius 2 is 1.29 bits per heavy atom. The molecule has 14 heteroatoms. The molecule has 0 spiro atoms. The van der Waals surface area contributed by atoms with Crippen LogP contribution >= 0.6 is 23.5 Å². The number of unbranched alkanes of at least 4 members (excludes halogenated alkanes) is 1. The number of aliphatic carboxylic acids is 2. The van der Waals surface area contributed by atoms with Crippen LogP contribution in [0.25, 0.3) is 0 Å². The van der Waals surface area contributed by atoms with Crippen molar-refractivity contribution >= 4 is 53.2 Å². The molecule has 0 aromatic carbocycles. The Hall–Kier alpha value is -2.03. The molecule has 0 radical (unpaired) electrons. The first kappa shape index (κ1) is 32.0. The summed E-state index contributed by atoms with van der Waals surface area (Å²) in [5.74, 6) is -3.70. The fourth-order valence-electron chi connectivity index (χ4n) is 2.84. The van der Waals surface area contributed by atoms with E-state index in [1.165, 1.54) is 23.5 Å². The van der Waals surface area contributed by atoms with Crippen LogP contribution in [-0.2, 0) is 24.0 Å². The monoisotopic (exact) mass is 523 g/mol. The fraction of sp³-hybridized carbons (Fsp3) is 0.750. The van der Waals surface area contributed by atoms with Gasteiger partial charge in [-0.1, -0.05) is 0 Å². The van der Waals surface area contributed by atoms with Gasteiger partial charge in [0.15, 0.2) is 0 Å². The van der Waals surface area contributed by atoms with Crippen LogP contribution in [0.3, 0.4) is 0 Å². The van der Waals surface area contributed by atoms with E-state index in [4.69, 9.17) is 11.5 Å². The third-order valence-electron chi connectivity index (χ3n) is 4.79. The largest absolute Gasteiger partial charge is 0.481 e. The summed E-state index contributed by atoms with van der Waals surface area (Å²) in [5.41, 5.74) is 11.3. The van der Waals surface area contributed by atoms with Crippen LogP contribution in [0.15, 0.2) is 0 Å². The number of carbonyl (C=O) groups excluding carboxylic acids is 3. The second-order valence-corrected chi connectivity index (χ2v) is 9.54. The van der Waals surface area contributed by atoms with Crippen LogP contribution in [-0.4, -0.2) is 94.6 Å². The lowest BCUT2D eigenvalue weighted by Gasteiger charge is -2.24. The highest BCUT2D eigenvalue weighted by molar-refractivity contribution is 7.98. The van der Waals surface area contributed by atoms with E-state index in [1.807, 2.05) is 12.5 Å². The predicted molar refractivity (Wildman–Crippen MR) is 133 cm³/mol. The number of nitrogens with one attached hydrogen (secondary N) is 3. The SMILES string of the molecule is CSCCC(N)C(=O)NC(CCSC)C(=O)NC(CC(=O)O)C(=O)NC(CCCCN)C(=O)O. The standard InChI is InChI=1S/C20H37N5O7S2/c1-33-9-6-12(22)17(28)23-13(7-10-34-2)18(29)25-15(11-16(26)27)19(30)24-14(20(31)32)5-3-4-8-21/h12-15H,3-11,21-22H2,1-2H3,(H,23,28)(H,24,30)(H,25,29)(H,26,27)(H,31,32). The number of carboxylic acid groups (broad SMARTS) is 2. The third-order valence-corrected chi connectivity index (χ3v) is 6.07. The van der Waals surface area contributed by atoms with Crippen LogP contribution in [0.1, 0.15) is 38.5 Å². The second kappa shape index (κ2) is 18.3. The zero-order valence-corrected chi connectivity index (χ0v) is 21.2. The van der Waals surface area contributed by atoms with Gasteiger partial charge in [0.1, 0.15) is 18.1 Å². The lowest BCUT2D eigenvalue weighted by molar-refractivity contribution is -0.143. The maximum Gasteiger partial charge on any atom is 0.326 e. The Balaban J connectivity index is 5.38. The summed E-state index contributed by atoms with van der Waals surface area (Å²) in [7, 11) is 0. The number of hydrogen-bond donors (Lipinski definition) is 7. The van der Waals surface area contributed by atoms with Crippen molar-refractivity contribution in [3.63, 3.8) is 0 Å². The number of carbonyl (C=O) groups is 5. The van der Waals surface area contributed by atoms with Crippen LogP contribution < -0.4 is 27.4 Å². The lowest BCUT2D eigenvalue weighted by atomic mass is 10.1. The normalized spacial score (nSPS) is 14.4. The van der Waals surface area contributed by atoms with Gasteiger partial charge in [-0.3, -0.25) is 19.2 Å². The van der Waals surface area contributed by atoms with Gasteiger partial charge in [0.25, 0.3) is 0 Å². The van der Waals surface area contributed by atoms with Crippen molar-refractivity contribution in [2.24, 2.45) is 11.5 Å². The van der Waals surface area contributed by atoms with Gasteiger partial charge in [0.05, 0.1) is 12.5 Å². The van der Waals surface area contributed by atoms with Gasteiger partial charge < -0.3 is 37.6 Å². The zero-order chi connectivity index (χ0) is 26.1. The van der Waals surface area contributed by atoms with E-state index in [0.717, 1.165) is 0 Å². The van der Waals surface area contributed by atoms with Crippen molar-refractivity contribution in [1.29, 1.82) is 0 Å². The first-order valence-corrected chi connectivity index (χ1v) is 13.6. The molecule has 196 valence electrons. The fourth-order valence-corrected chi connectivity index (χ4v) is 3.80. The highest BCUT2D eigenvalue weighted by Gasteiger charge is 2.31. The summed E-state index contributed by atoms with van der Waals surface area (Å²) in [6.07, 6.45) is 4.68. The predicted octanol–water partition coefficient (Wildman–Crippen LogP) is -1.04. The first-order chi connectivity index (χ1) is 16.1. The van der Waals surface area contributed by atoms with Gasteiger partial charge in [0.2, 0.25) is 17.7 Å². The van der Waals surface area contributed by atoms with Crippen molar-refractivity contribution in [3.8, 4) is 0 Å².